The average Bonchev–Trinajstić information content (AvgIpc) is 2.24. The monoisotopic (exact) mass is 222 g/mol. The van der Waals surface area contributed by atoms with Gasteiger partial charge in [0.25, 0.3) is 5.91 Å². The number of amides is 2. The molecule has 0 unspecified atom stereocenters. The molecule has 0 radical (unpaired) electrons. The van der Waals surface area contributed by atoms with Crippen LogP contribution in [0.4, 0.5) is 5.69 Å². The summed E-state index contributed by atoms with van der Waals surface area (Å²) in [7, 11) is 0. The van der Waals surface area contributed by atoms with Crippen molar-refractivity contribution in [3.05, 3.63) is 24.0 Å². The van der Waals surface area contributed by atoms with E-state index >= 15 is 0 Å². The van der Waals surface area contributed by atoms with Gasteiger partial charge in [-0.05, 0) is 18.6 Å². The van der Waals surface area contributed by atoms with Gasteiger partial charge in [0.2, 0.25) is 5.91 Å². The van der Waals surface area contributed by atoms with Crippen molar-refractivity contribution in [3.8, 4) is 0 Å². The lowest BCUT2D eigenvalue weighted by molar-refractivity contribution is -0.118. The van der Waals surface area contributed by atoms with Gasteiger partial charge in [-0.2, -0.15) is 0 Å². The Morgan fingerprint density at radius 1 is 1.44 bits per heavy atom. The fourth-order valence-electron chi connectivity index (χ4n) is 1.16. The van der Waals surface area contributed by atoms with E-state index in [1.807, 2.05) is 0 Å². The normalized spacial score (nSPS) is 9.75. The van der Waals surface area contributed by atoms with Gasteiger partial charge in [0.15, 0.2) is 5.69 Å². The molecule has 5 N–H and O–H groups in total. The molecule has 0 atom stereocenters. The lowest BCUT2D eigenvalue weighted by Crippen LogP contribution is -2.27. The van der Waals surface area contributed by atoms with Gasteiger partial charge >= 0.3 is 0 Å². The van der Waals surface area contributed by atoms with E-state index in [0.717, 1.165) is 0 Å². The highest BCUT2D eigenvalue weighted by Crippen LogP contribution is 2.06. The zero-order valence-electron chi connectivity index (χ0n) is 8.77. The van der Waals surface area contributed by atoms with Gasteiger partial charge in [0.1, 0.15) is 0 Å². The number of hydrogen-bond donors (Lipinski definition) is 3. The van der Waals surface area contributed by atoms with Crippen molar-refractivity contribution >= 4 is 17.5 Å². The number of nitrogen functional groups attached to an aromatic ring is 1. The van der Waals surface area contributed by atoms with E-state index in [4.69, 9.17) is 11.5 Å². The summed E-state index contributed by atoms with van der Waals surface area (Å²) in [5.41, 5.74) is 11.1. The van der Waals surface area contributed by atoms with E-state index < -0.39 is 0 Å². The first-order valence-electron chi connectivity index (χ1n) is 4.88. The third-order valence-electron chi connectivity index (χ3n) is 1.94. The van der Waals surface area contributed by atoms with Gasteiger partial charge in [-0.1, -0.05) is 0 Å². The summed E-state index contributed by atoms with van der Waals surface area (Å²) < 4.78 is 0. The molecule has 0 aliphatic carbocycles. The van der Waals surface area contributed by atoms with Crippen LogP contribution in [-0.2, 0) is 4.79 Å². The minimum absolute atomic E-state index is 0.196. The van der Waals surface area contributed by atoms with Crippen LogP contribution >= 0.6 is 0 Å². The molecule has 0 fully saturated rings. The number of nitrogens with zero attached hydrogens (tertiary/aromatic N) is 1. The fourth-order valence-corrected chi connectivity index (χ4v) is 1.16. The molecule has 1 aromatic heterocycles. The maximum atomic E-state index is 11.5. The molecule has 0 saturated heterocycles. The third kappa shape index (κ3) is 3.56. The summed E-state index contributed by atoms with van der Waals surface area (Å²) >= 11 is 0. The van der Waals surface area contributed by atoms with E-state index in [1.54, 1.807) is 12.1 Å². The maximum Gasteiger partial charge on any atom is 0.272 e. The summed E-state index contributed by atoms with van der Waals surface area (Å²) in [6.45, 7) is 0.373. The lowest BCUT2D eigenvalue weighted by Gasteiger charge is -2.05. The number of primary amides is 1. The Kier molecular flexibility index (Phi) is 4.26. The number of hydrogen-bond acceptors (Lipinski definition) is 4. The molecule has 6 heteroatoms. The van der Waals surface area contributed by atoms with Crippen molar-refractivity contribution in [2.45, 2.75) is 12.8 Å². The summed E-state index contributed by atoms with van der Waals surface area (Å²) in [6, 6.07) is 3.25. The van der Waals surface area contributed by atoms with Crippen LogP contribution in [0.5, 0.6) is 0 Å². The van der Waals surface area contributed by atoms with Crippen molar-refractivity contribution in [1.82, 2.24) is 10.3 Å². The Bertz CT molecular complexity index is 392. The second kappa shape index (κ2) is 5.69. The Hall–Kier alpha value is -2.11. The molecule has 0 aromatic carbocycles. The van der Waals surface area contributed by atoms with Crippen molar-refractivity contribution in [1.29, 1.82) is 0 Å². The Balaban J connectivity index is 2.41. The Labute approximate surface area is 93.0 Å². The highest BCUT2D eigenvalue weighted by Gasteiger charge is 2.09. The topological polar surface area (TPSA) is 111 Å². The number of carbonyl (C=O) groups excluding carboxylic acids is 2. The smallest absolute Gasteiger partial charge is 0.272 e. The van der Waals surface area contributed by atoms with Gasteiger partial charge in [0, 0.05) is 19.2 Å². The molecule has 0 aliphatic rings. The first-order valence-corrected chi connectivity index (χ1v) is 4.88. The van der Waals surface area contributed by atoms with Crippen LogP contribution < -0.4 is 16.8 Å². The number of anilines is 1. The number of carbonyl (C=O) groups is 2. The molecule has 2 amide bonds. The number of nitrogens with two attached hydrogens (primary N) is 2. The van der Waals surface area contributed by atoms with E-state index in [9.17, 15) is 9.59 Å². The van der Waals surface area contributed by atoms with Crippen LogP contribution in [0.2, 0.25) is 0 Å². The quantitative estimate of drug-likeness (QED) is 0.591. The lowest BCUT2D eigenvalue weighted by atomic mass is 10.2. The van der Waals surface area contributed by atoms with Crippen LogP contribution in [0.25, 0.3) is 0 Å². The summed E-state index contributed by atoms with van der Waals surface area (Å²) in [4.78, 5) is 25.8. The van der Waals surface area contributed by atoms with E-state index in [1.165, 1.54) is 6.20 Å². The highest BCUT2D eigenvalue weighted by molar-refractivity contribution is 5.96. The van der Waals surface area contributed by atoms with Crippen LogP contribution in [0.1, 0.15) is 23.3 Å². The van der Waals surface area contributed by atoms with Gasteiger partial charge < -0.3 is 16.8 Å². The van der Waals surface area contributed by atoms with Crippen LogP contribution in [0.3, 0.4) is 0 Å². The Morgan fingerprint density at radius 3 is 2.81 bits per heavy atom. The number of aromatic nitrogens is 1. The third-order valence-corrected chi connectivity index (χ3v) is 1.94. The summed E-state index contributed by atoms with van der Waals surface area (Å²) in [5, 5.41) is 2.61. The van der Waals surface area contributed by atoms with Gasteiger partial charge in [-0.25, -0.2) is 4.98 Å². The largest absolute Gasteiger partial charge is 0.397 e. The van der Waals surface area contributed by atoms with E-state index in [-0.39, 0.29) is 23.9 Å². The molecule has 6 nitrogen and oxygen atoms in total. The molecular weight excluding hydrogens is 208 g/mol. The van der Waals surface area contributed by atoms with E-state index in [0.29, 0.717) is 18.7 Å². The average molecular weight is 222 g/mol. The molecule has 0 aliphatic heterocycles. The van der Waals surface area contributed by atoms with Gasteiger partial charge in [-0.15, -0.1) is 0 Å². The van der Waals surface area contributed by atoms with Gasteiger partial charge in [0.05, 0.1) is 5.69 Å². The first kappa shape index (κ1) is 12.0. The molecule has 0 bridgehead atoms. The zero-order chi connectivity index (χ0) is 12.0. The zero-order valence-corrected chi connectivity index (χ0v) is 8.77. The SMILES string of the molecule is NC(=O)CCCNC(=O)c1ncccc1N. The standard InChI is InChI=1S/C10H14N4O2/c11-7-3-1-5-13-9(7)10(16)14-6-2-4-8(12)15/h1,3,5H,2,4,6,11H2,(H2,12,15)(H,14,16). The second-order valence-electron chi connectivity index (χ2n) is 3.27. The molecule has 1 rings (SSSR count). The fraction of sp³-hybridized carbons (Fsp3) is 0.300. The minimum atomic E-state index is -0.383. The van der Waals surface area contributed by atoms with Crippen molar-refractivity contribution in [3.63, 3.8) is 0 Å². The summed E-state index contributed by atoms with van der Waals surface area (Å²) in [6.07, 6.45) is 2.25. The number of rotatable bonds is 5. The second-order valence-corrected chi connectivity index (χ2v) is 3.27. The highest BCUT2D eigenvalue weighted by atomic mass is 16.2. The van der Waals surface area contributed by atoms with Crippen LogP contribution in [0.15, 0.2) is 18.3 Å². The molecular formula is C10H14N4O2. The number of pyridine rings is 1. The van der Waals surface area contributed by atoms with Crippen molar-refractivity contribution in [2.24, 2.45) is 5.73 Å². The predicted molar refractivity (Wildman–Crippen MR) is 59.4 cm³/mol. The van der Waals surface area contributed by atoms with Crippen LogP contribution in [0, 0.1) is 0 Å². The Morgan fingerprint density at radius 2 is 2.19 bits per heavy atom. The van der Waals surface area contributed by atoms with Crippen molar-refractivity contribution < 1.29 is 9.59 Å². The maximum absolute atomic E-state index is 11.5. The number of nitrogens with one attached hydrogen (secondary N) is 1. The van der Waals surface area contributed by atoms with Crippen molar-refractivity contribution in [2.75, 3.05) is 12.3 Å². The molecule has 0 spiro atoms. The van der Waals surface area contributed by atoms with Gasteiger partial charge in [-0.3, -0.25) is 9.59 Å². The minimum Gasteiger partial charge on any atom is -0.397 e. The molecule has 0 saturated carbocycles. The molecule has 86 valence electrons. The summed E-state index contributed by atoms with van der Waals surface area (Å²) in [5.74, 6) is -0.728. The molecule has 1 aromatic rings. The predicted octanol–water partition coefficient (Wildman–Crippen LogP) is -0.341. The van der Waals surface area contributed by atoms with E-state index in [2.05, 4.69) is 10.3 Å². The first-order chi connectivity index (χ1) is 7.61. The molecule has 1 heterocycles. The molecule has 16 heavy (non-hydrogen) atoms. The van der Waals surface area contributed by atoms with Crippen LogP contribution in [-0.4, -0.2) is 23.3 Å².